The molecule has 1 aromatic carbocycles. The third-order valence-corrected chi connectivity index (χ3v) is 4.05. The van der Waals surface area contributed by atoms with Gasteiger partial charge in [0.1, 0.15) is 5.82 Å². The Morgan fingerprint density at radius 1 is 1.33 bits per heavy atom. The zero-order chi connectivity index (χ0) is 13.5. The van der Waals surface area contributed by atoms with Crippen molar-refractivity contribution in [3.8, 4) is 0 Å². The summed E-state index contributed by atoms with van der Waals surface area (Å²) >= 11 is 3.22. The zero-order valence-electron chi connectivity index (χ0n) is 11.0. The van der Waals surface area contributed by atoms with Gasteiger partial charge in [0.25, 0.3) is 0 Å². The van der Waals surface area contributed by atoms with Crippen LogP contribution in [0.1, 0.15) is 25.8 Å². The van der Waals surface area contributed by atoms with E-state index in [1.54, 1.807) is 6.07 Å². The average Bonchev–Trinajstić information content (AvgIpc) is 2.36. The summed E-state index contributed by atoms with van der Waals surface area (Å²) in [4.78, 5) is 2.27. The van der Waals surface area contributed by atoms with Gasteiger partial charge < -0.3 is 10.0 Å². The van der Waals surface area contributed by atoms with Crippen LogP contribution in [0.2, 0.25) is 0 Å². The molecule has 0 aliphatic rings. The number of hydrogen-bond donors (Lipinski definition) is 1. The first-order chi connectivity index (χ1) is 8.58. The predicted octanol–water partition coefficient (Wildman–Crippen LogP) is 3.22. The van der Waals surface area contributed by atoms with Gasteiger partial charge >= 0.3 is 0 Å². The van der Waals surface area contributed by atoms with Gasteiger partial charge in [-0.3, -0.25) is 0 Å². The van der Waals surface area contributed by atoms with Crippen molar-refractivity contribution in [1.29, 1.82) is 0 Å². The maximum atomic E-state index is 13.3. The molecule has 0 radical (unpaired) electrons. The quantitative estimate of drug-likeness (QED) is 0.834. The van der Waals surface area contributed by atoms with Gasteiger partial charge in [-0.25, -0.2) is 4.39 Å². The molecule has 1 rings (SSSR count). The van der Waals surface area contributed by atoms with Gasteiger partial charge in [-0.2, -0.15) is 0 Å². The predicted molar refractivity (Wildman–Crippen MR) is 76.2 cm³/mol. The van der Waals surface area contributed by atoms with Gasteiger partial charge in [0.05, 0.1) is 10.6 Å². The summed E-state index contributed by atoms with van der Waals surface area (Å²) < 4.78 is 13.8. The van der Waals surface area contributed by atoms with Crippen LogP contribution in [0, 0.1) is 5.82 Å². The zero-order valence-corrected chi connectivity index (χ0v) is 12.6. The van der Waals surface area contributed by atoms with Crippen LogP contribution >= 0.6 is 15.9 Å². The first-order valence-corrected chi connectivity index (χ1v) is 7.21. The number of benzene rings is 1. The summed E-state index contributed by atoms with van der Waals surface area (Å²) in [6.45, 7) is 7.08. The molecular weight excluding hydrogens is 297 g/mol. The smallest absolute Gasteiger partial charge is 0.137 e. The van der Waals surface area contributed by atoms with E-state index in [9.17, 15) is 9.50 Å². The molecule has 0 bridgehead atoms. The highest BCUT2D eigenvalue weighted by atomic mass is 79.9. The van der Waals surface area contributed by atoms with E-state index < -0.39 is 6.10 Å². The highest BCUT2D eigenvalue weighted by molar-refractivity contribution is 9.10. The molecule has 2 nitrogen and oxygen atoms in total. The fraction of sp³-hybridized carbons (Fsp3) is 0.571. The monoisotopic (exact) mass is 317 g/mol. The number of hydrogen-bond acceptors (Lipinski definition) is 2. The van der Waals surface area contributed by atoms with Gasteiger partial charge in [-0.05, 0) is 53.5 Å². The average molecular weight is 318 g/mol. The van der Waals surface area contributed by atoms with Gasteiger partial charge in [-0.1, -0.05) is 26.0 Å². The normalized spacial score (nSPS) is 13.0. The molecule has 1 atom stereocenters. The molecule has 102 valence electrons. The van der Waals surface area contributed by atoms with Crippen LogP contribution in [-0.2, 0) is 6.42 Å². The maximum Gasteiger partial charge on any atom is 0.137 e. The number of halogens is 2. The van der Waals surface area contributed by atoms with Crippen molar-refractivity contribution in [2.24, 2.45) is 0 Å². The first-order valence-electron chi connectivity index (χ1n) is 6.41. The van der Waals surface area contributed by atoms with Crippen molar-refractivity contribution >= 4 is 15.9 Å². The topological polar surface area (TPSA) is 23.5 Å². The Hall–Kier alpha value is -0.450. The lowest BCUT2D eigenvalue weighted by Gasteiger charge is -2.20. The second kappa shape index (κ2) is 7.87. The van der Waals surface area contributed by atoms with Crippen molar-refractivity contribution in [1.82, 2.24) is 4.90 Å². The Kier molecular flexibility index (Phi) is 6.82. The van der Waals surface area contributed by atoms with Crippen LogP contribution in [0.5, 0.6) is 0 Å². The summed E-state index contributed by atoms with van der Waals surface area (Å²) in [5.41, 5.74) is 0.821. The molecule has 0 aliphatic carbocycles. The van der Waals surface area contributed by atoms with Gasteiger partial charge in [-0.15, -0.1) is 0 Å². The molecule has 18 heavy (non-hydrogen) atoms. The highest BCUT2D eigenvalue weighted by Crippen LogP contribution is 2.22. The molecule has 0 saturated carbocycles. The molecular formula is C14H21BrFNO. The number of nitrogens with zero attached hydrogens (tertiary/aromatic N) is 1. The minimum absolute atomic E-state index is 0.275. The van der Waals surface area contributed by atoms with Crippen molar-refractivity contribution in [3.63, 3.8) is 0 Å². The summed E-state index contributed by atoms with van der Waals surface area (Å²) in [6, 6.07) is 4.93. The molecule has 0 fully saturated rings. The number of aliphatic hydroxyl groups excluding tert-OH is 1. The van der Waals surface area contributed by atoms with Crippen molar-refractivity contribution in [2.45, 2.75) is 32.8 Å². The van der Waals surface area contributed by atoms with E-state index >= 15 is 0 Å². The Morgan fingerprint density at radius 3 is 2.61 bits per heavy atom. The minimum atomic E-state index is -0.427. The Morgan fingerprint density at radius 2 is 2.00 bits per heavy atom. The van der Waals surface area contributed by atoms with E-state index in [4.69, 9.17) is 0 Å². The van der Waals surface area contributed by atoms with Gasteiger partial charge in [0.15, 0.2) is 0 Å². The lowest BCUT2D eigenvalue weighted by Crippen LogP contribution is -2.27. The SMILES string of the molecule is CCN(CC)CCC(O)Cc1cccc(F)c1Br. The molecule has 1 unspecified atom stereocenters. The van der Waals surface area contributed by atoms with Crippen LogP contribution in [0.15, 0.2) is 22.7 Å². The Balaban J connectivity index is 2.49. The van der Waals surface area contributed by atoms with Gasteiger partial charge in [0, 0.05) is 6.54 Å². The van der Waals surface area contributed by atoms with E-state index in [0.29, 0.717) is 17.3 Å². The molecule has 1 aromatic rings. The first kappa shape index (κ1) is 15.6. The lowest BCUT2D eigenvalue weighted by molar-refractivity contribution is 0.143. The van der Waals surface area contributed by atoms with Crippen LogP contribution in [0.4, 0.5) is 4.39 Å². The fourth-order valence-corrected chi connectivity index (χ4v) is 2.36. The summed E-state index contributed by atoms with van der Waals surface area (Å²) in [5, 5.41) is 9.99. The van der Waals surface area contributed by atoms with E-state index in [0.717, 1.165) is 25.2 Å². The van der Waals surface area contributed by atoms with Crippen molar-refractivity contribution < 1.29 is 9.50 Å². The van der Waals surface area contributed by atoms with Crippen LogP contribution < -0.4 is 0 Å². The van der Waals surface area contributed by atoms with E-state index in [1.165, 1.54) is 6.07 Å². The van der Waals surface area contributed by atoms with Crippen LogP contribution in [-0.4, -0.2) is 35.7 Å². The standard InChI is InChI=1S/C14H21BrFNO/c1-3-17(4-2)9-8-12(18)10-11-6-5-7-13(16)14(11)15/h5-7,12,18H,3-4,8-10H2,1-2H3. The summed E-state index contributed by atoms with van der Waals surface area (Å²) in [5.74, 6) is -0.275. The Bertz CT molecular complexity index is 369. The fourth-order valence-electron chi connectivity index (χ4n) is 1.93. The molecule has 4 heteroatoms. The second-order valence-corrected chi connectivity index (χ2v) is 5.18. The van der Waals surface area contributed by atoms with E-state index in [2.05, 4.69) is 34.7 Å². The molecule has 0 aliphatic heterocycles. The van der Waals surface area contributed by atoms with E-state index in [-0.39, 0.29) is 5.82 Å². The summed E-state index contributed by atoms with van der Waals surface area (Å²) in [7, 11) is 0. The molecule has 0 saturated heterocycles. The van der Waals surface area contributed by atoms with Crippen molar-refractivity contribution in [2.75, 3.05) is 19.6 Å². The third-order valence-electron chi connectivity index (χ3n) is 3.16. The molecule has 0 heterocycles. The van der Waals surface area contributed by atoms with Crippen molar-refractivity contribution in [3.05, 3.63) is 34.1 Å². The van der Waals surface area contributed by atoms with Crippen LogP contribution in [0.3, 0.4) is 0 Å². The van der Waals surface area contributed by atoms with Gasteiger partial charge in [0.2, 0.25) is 0 Å². The third kappa shape index (κ3) is 4.67. The largest absolute Gasteiger partial charge is 0.393 e. The van der Waals surface area contributed by atoms with Crippen LogP contribution in [0.25, 0.3) is 0 Å². The van der Waals surface area contributed by atoms with E-state index in [1.807, 2.05) is 6.07 Å². The second-order valence-electron chi connectivity index (χ2n) is 4.39. The maximum absolute atomic E-state index is 13.3. The molecule has 1 N–H and O–H groups in total. The minimum Gasteiger partial charge on any atom is -0.393 e. The lowest BCUT2D eigenvalue weighted by atomic mass is 10.1. The number of aliphatic hydroxyl groups is 1. The highest BCUT2D eigenvalue weighted by Gasteiger charge is 2.11. The molecule has 0 aromatic heterocycles. The molecule has 0 amide bonds. The number of rotatable bonds is 7. The molecule has 0 spiro atoms. The Labute approximate surface area is 117 Å². The summed E-state index contributed by atoms with van der Waals surface area (Å²) in [6.07, 6.45) is 0.772.